The number of H-pyrrole nitrogens is 1. The van der Waals surface area contributed by atoms with Gasteiger partial charge in [-0.3, -0.25) is 9.89 Å². The standard InChI is InChI=1S/C8H11F2NO.C6H7N5.2C2H6/c1-2-7(12)11-5-3-4-6(11)8(9)10;1-3-4-5(7)8-2-9-6(4)11-10-3;2*1-2/h2,6,8H,1,3-5H2;2H,1H3,(H3,7,8,9,10,11);2*1-2H3. The number of halogens is 2. The summed E-state index contributed by atoms with van der Waals surface area (Å²) in [4.78, 5) is 20.0. The molecule has 0 bridgehead atoms. The molecule has 2 aromatic rings. The van der Waals surface area contributed by atoms with Gasteiger partial charge in [-0.15, -0.1) is 0 Å². The molecule has 9 heteroatoms. The van der Waals surface area contributed by atoms with E-state index in [1.807, 2.05) is 34.6 Å². The summed E-state index contributed by atoms with van der Waals surface area (Å²) in [6.45, 7) is 13.6. The number of nitrogen functional groups attached to an aromatic ring is 1. The van der Waals surface area contributed by atoms with Crippen LogP contribution >= 0.6 is 0 Å². The zero-order valence-corrected chi connectivity index (χ0v) is 16.7. The quantitative estimate of drug-likeness (QED) is 0.769. The van der Waals surface area contributed by atoms with Crippen molar-refractivity contribution in [1.29, 1.82) is 0 Å². The molecular weight excluding hydrogens is 354 g/mol. The van der Waals surface area contributed by atoms with Crippen molar-refractivity contribution in [2.45, 2.75) is 59.9 Å². The maximum Gasteiger partial charge on any atom is 0.258 e. The topological polar surface area (TPSA) is 101 Å². The Labute approximate surface area is 159 Å². The third-order valence-corrected chi connectivity index (χ3v) is 3.61. The molecule has 0 saturated carbocycles. The molecule has 0 spiro atoms. The van der Waals surface area contributed by atoms with E-state index in [1.165, 1.54) is 11.2 Å². The zero-order chi connectivity index (χ0) is 21.0. The van der Waals surface area contributed by atoms with Crippen LogP contribution in [0.15, 0.2) is 19.0 Å². The van der Waals surface area contributed by atoms with Gasteiger partial charge in [0.2, 0.25) is 5.91 Å². The van der Waals surface area contributed by atoms with Gasteiger partial charge in [0.05, 0.1) is 11.4 Å². The van der Waals surface area contributed by atoms with Gasteiger partial charge in [0.25, 0.3) is 6.43 Å². The second-order valence-electron chi connectivity index (χ2n) is 5.09. The molecule has 1 fully saturated rings. The van der Waals surface area contributed by atoms with Gasteiger partial charge >= 0.3 is 0 Å². The van der Waals surface area contributed by atoms with Crippen LogP contribution in [-0.4, -0.2) is 50.0 Å². The van der Waals surface area contributed by atoms with Crippen molar-refractivity contribution in [3.8, 4) is 0 Å². The molecule has 1 saturated heterocycles. The number of rotatable bonds is 2. The summed E-state index contributed by atoms with van der Waals surface area (Å²) < 4.78 is 24.5. The van der Waals surface area contributed by atoms with Crippen LogP contribution in [0, 0.1) is 6.92 Å². The summed E-state index contributed by atoms with van der Waals surface area (Å²) in [5.41, 5.74) is 7.11. The van der Waals surface area contributed by atoms with E-state index in [0.29, 0.717) is 30.9 Å². The highest BCUT2D eigenvalue weighted by Crippen LogP contribution is 2.22. The summed E-state index contributed by atoms with van der Waals surface area (Å²) in [5, 5.41) is 7.52. The van der Waals surface area contributed by atoms with Crippen molar-refractivity contribution in [2.24, 2.45) is 0 Å². The van der Waals surface area contributed by atoms with Gasteiger partial charge in [0.15, 0.2) is 5.65 Å². The smallest absolute Gasteiger partial charge is 0.258 e. The number of hydrogen-bond donors (Lipinski definition) is 2. The minimum atomic E-state index is -2.43. The highest BCUT2D eigenvalue weighted by Gasteiger charge is 2.33. The molecule has 7 nitrogen and oxygen atoms in total. The molecule has 1 atom stereocenters. The van der Waals surface area contributed by atoms with Gasteiger partial charge in [-0.2, -0.15) is 5.10 Å². The molecule has 0 aliphatic carbocycles. The molecule has 1 amide bonds. The van der Waals surface area contributed by atoms with Crippen molar-refractivity contribution in [2.75, 3.05) is 12.3 Å². The van der Waals surface area contributed by atoms with Crippen LogP contribution in [0.25, 0.3) is 11.0 Å². The lowest BCUT2D eigenvalue weighted by atomic mass is 10.2. The average Bonchev–Trinajstić information content (AvgIpc) is 3.33. The van der Waals surface area contributed by atoms with Crippen LogP contribution in [0.5, 0.6) is 0 Å². The Balaban J connectivity index is 0.000000424. The number of nitrogens with one attached hydrogen (secondary N) is 1. The average molecular weight is 384 g/mol. The van der Waals surface area contributed by atoms with Gasteiger partial charge in [-0.25, -0.2) is 18.7 Å². The van der Waals surface area contributed by atoms with Crippen LogP contribution in [-0.2, 0) is 4.79 Å². The first-order chi connectivity index (χ1) is 13.0. The van der Waals surface area contributed by atoms with E-state index in [0.717, 1.165) is 17.2 Å². The Morgan fingerprint density at radius 1 is 1.37 bits per heavy atom. The van der Waals surface area contributed by atoms with E-state index < -0.39 is 18.4 Å². The molecule has 3 N–H and O–H groups in total. The van der Waals surface area contributed by atoms with Crippen LogP contribution in [0.3, 0.4) is 0 Å². The van der Waals surface area contributed by atoms with Crippen molar-refractivity contribution < 1.29 is 13.6 Å². The highest BCUT2D eigenvalue weighted by molar-refractivity contribution is 5.87. The molecule has 3 heterocycles. The number of aromatic nitrogens is 4. The van der Waals surface area contributed by atoms with E-state index in [-0.39, 0.29) is 0 Å². The molecule has 27 heavy (non-hydrogen) atoms. The van der Waals surface area contributed by atoms with E-state index in [4.69, 9.17) is 5.73 Å². The Kier molecular flexibility index (Phi) is 11.5. The number of aromatic amines is 1. The minimum absolute atomic E-state index is 0.391. The number of amides is 1. The Morgan fingerprint density at radius 3 is 2.52 bits per heavy atom. The molecule has 0 aromatic carbocycles. The van der Waals surface area contributed by atoms with Crippen LogP contribution in [0.1, 0.15) is 46.2 Å². The first kappa shape index (κ1) is 24.4. The fraction of sp³-hybridized carbons (Fsp3) is 0.556. The van der Waals surface area contributed by atoms with Crippen molar-refractivity contribution in [3.05, 3.63) is 24.7 Å². The molecule has 1 aliphatic heterocycles. The predicted molar refractivity (Wildman–Crippen MR) is 104 cm³/mol. The van der Waals surface area contributed by atoms with Crippen LogP contribution in [0.2, 0.25) is 0 Å². The summed E-state index contributed by atoms with van der Waals surface area (Å²) in [5.74, 6) is 0.0825. The lowest BCUT2D eigenvalue weighted by Gasteiger charge is -2.22. The predicted octanol–water partition coefficient (Wildman–Crippen LogP) is 3.72. The molecular formula is C18H30F2N6O. The molecule has 0 radical (unpaired) electrons. The summed E-state index contributed by atoms with van der Waals surface area (Å²) in [7, 11) is 0. The third kappa shape index (κ3) is 6.58. The number of fused-ring (bicyclic) bond motifs is 1. The number of alkyl halides is 2. The van der Waals surface area contributed by atoms with Crippen LogP contribution in [0.4, 0.5) is 14.6 Å². The van der Waals surface area contributed by atoms with Crippen LogP contribution < -0.4 is 5.73 Å². The summed E-state index contributed by atoms with van der Waals surface area (Å²) in [6.07, 6.45) is 1.11. The normalized spacial score (nSPS) is 15.1. The number of carbonyl (C=O) groups is 1. The van der Waals surface area contributed by atoms with E-state index >= 15 is 0 Å². The van der Waals surface area contributed by atoms with Gasteiger partial charge < -0.3 is 10.6 Å². The lowest BCUT2D eigenvalue weighted by Crippen LogP contribution is -2.38. The first-order valence-electron chi connectivity index (χ1n) is 9.08. The van der Waals surface area contributed by atoms with Crippen molar-refractivity contribution >= 4 is 22.8 Å². The summed E-state index contributed by atoms with van der Waals surface area (Å²) in [6, 6.07) is -0.893. The largest absolute Gasteiger partial charge is 0.383 e. The first-order valence-corrected chi connectivity index (χ1v) is 9.08. The lowest BCUT2D eigenvalue weighted by molar-refractivity contribution is -0.129. The number of hydrogen-bond acceptors (Lipinski definition) is 5. The SMILES string of the molecule is C=CC(=O)N1CCCC1C(F)F.CC.CC.Cc1[nH]nc2ncnc(N)c12. The van der Waals surface area contributed by atoms with Gasteiger partial charge in [0.1, 0.15) is 12.1 Å². The Hall–Kier alpha value is -2.58. The highest BCUT2D eigenvalue weighted by atomic mass is 19.3. The Morgan fingerprint density at radius 2 is 2.00 bits per heavy atom. The van der Waals surface area contributed by atoms with Gasteiger partial charge in [-0.1, -0.05) is 34.3 Å². The zero-order valence-electron chi connectivity index (χ0n) is 16.7. The second kappa shape index (κ2) is 12.7. The number of carbonyl (C=O) groups excluding carboxylic acids is 1. The number of anilines is 1. The molecule has 1 unspecified atom stereocenters. The molecule has 1 aliphatic rings. The molecule has 2 aromatic heterocycles. The molecule has 152 valence electrons. The molecule has 3 rings (SSSR count). The minimum Gasteiger partial charge on any atom is -0.383 e. The Bertz CT molecular complexity index is 704. The second-order valence-corrected chi connectivity index (χ2v) is 5.09. The monoisotopic (exact) mass is 384 g/mol. The summed E-state index contributed by atoms with van der Waals surface area (Å²) >= 11 is 0. The van der Waals surface area contributed by atoms with E-state index in [9.17, 15) is 13.6 Å². The maximum absolute atomic E-state index is 12.3. The fourth-order valence-electron chi connectivity index (χ4n) is 2.47. The van der Waals surface area contributed by atoms with E-state index in [1.54, 1.807) is 0 Å². The maximum atomic E-state index is 12.3. The number of nitrogens with zero attached hydrogens (tertiary/aromatic N) is 4. The van der Waals surface area contributed by atoms with Gasteiger partial charge in [0, 0.05) is 12.2 Å². The number of aryl methyl sites for hydroxylation is 1. The third-order valence-electron chi connectivity index (χ3n) is 3.61. The van der Waals surface area contributed by atoms with Crippen molar-refractivity contribution in [3.63, 3.8) is 0 Å². The van der Waals surface area contributed by atoms with Crippen molar-refractivity contribution in [1.82, 2.24) is 25.1 Å². The fourth-order valence-corrected chi connectivity index (χ4v) is 2.47. The number of likely N-dealkylation sites (tertiary alicyclic amines) is 1. The number of nitrogens with two attached hydrogens (primary N) is 1. The van der Waals surface area contributed by atoms with Gasteiger partial charge in [-0.05, 0) is 25.8 Å². The van der Waals surface area contributed by atoms with E-state index in [2.05, 4.69) is 26.7 Å².